The molecule has 0 saturated heterocycles. The summed E-state index contributed by atoms with van der Waals surface area (Å²) in [6, 6.07) is 11.2. The van der Waals surface area contributed by atoms with Gasteiger partial charge in [-0.25, -0.2) is 9.37 Å². The Kier molecular flexibility index (Phi) is 6.84. The minimum absolute atomic E-state index is 0.0482. The SMILES string of the molecule is CCCCOc1ccc(C2c3c(oc4ccc(F)cc4c3=O)C(=O)N2c2ccc(Cl)cn2)cc1OCC. The van der Waals surface area contributed by atoms with Crippen LogP contribution in [0.4, 0.5) is 10.2 Å². The molecule has 0 bridgehead atoms. The summed E-state index contributed by atoms with van der Waals surface area (Å²) in [7, 11) is 0. The van der Waals surface area contributed by atoms with Crippen molar-refractivity contribution in [3.05, 3.63) is 92.7 Å². The van der Waals surface area contributed by atoms with Crippen molar-refractivity contribution in [2.45, 2.75) is 32.7 Å². The number of halogens is 2. The van der Waals surface area contributed by atoms with Crippen LogP contribution in [-0.2, 0) is 0 Å². The third-order valence-corrected chi connectivity index (χ3v) is 6.35. The highest BCUT2D eigenvalue weighted by Crippen LogP contribution is 2.43. The molecule has 3 heterocycles. The van der Waals surface area contributed by atoms with Crippen LogP contribution in [0.1, 0.15) is 54.4 Å². The van der Waals surface area contributed by atoms with Gasteiger partial charge in [0.2, 0.25) is 5.76 Å². The number of anilines is 1. The first-order chi connectivity index (χ1) is 17.9. The van der Waals surface area contributed by atoms with Gasteiger partial charge in [0.05, 0.1) is 35.2 Å². The van der Waals surface area contributed by atoms with Crippen LogP contribution in [0.5, 0.6) is 11.5 Å². The molecule has 1 unspecified atom stereocenters. The van der Waals surface area contributed by atoms with E-state index in [-0.39, 0.29) is 28.1 Å². The summed E-state index contributed by atoms with van der Waals surface area (Å²) in [6.07, 6.45) is 3.29. The third kappa shape index (κ3) is 4.53. The number of carbonyl (C=O) groups excluding carboxylic acids is 1. The van der Waals surface area contributed by atoms with Crippen LogP contribution in [0.15, 0.2) is 63.9 Å². The highest BCUT2D eigenvalue weighted by Gasteiger charge is 2.44. The first kappa shape index (κ1) is 24.8. The number of benzene rings is 2. The zero-order valence-corrected chi connectivity index (χ0v) is 21.0. The smallest absolute Gasteiger partial charge is 0.296 e. The zero-order chi connectivity index (χ0) is 26.1. The second kappa shape index (κ2) is 10.2. The van der Waals surface area contributed by atoms with E-state index in [1.807, 2.05) is 6.92 Å². The Labute approximate surface area is 217 Å². The number of hydrogen-bond donors (Lipinski definition) is 0. The van der Waals surface area contributed by atoms with Crippen molar-refractivity contribution >= 4 is 34.3 Å². The van der Waals surface area contributed by atoms with Crippen LogP contribution < -0.4 is 19.8 Å². The summed E-state index contributed by atoms with van der Waals surface area (Å²) in [5.74, 6) is 0.0850. The van der Waals surface area contributed by atoms with E-state index in [1.165, 1.54) is 23.2 Å². The second-order valence-electron chi connectivity index (χ2n) is 8.57. The zero-order valence-electron chi connectivity index (χ0n) is 20.3. The Morgan fingerprint density at radius 2 is 1.89 bits per heavy atom. The van der Waals surface area contributed by atoms with E-state index in [1.54, 1.807) is 30.3 Å². The van der Waals surface area contributed by atoms with Crippen molar-refractivity contribution in [3.63, 3.8) is 0 Å². The molecule has 2 aromatic heterocycles. The number of amides is 1. The maximum Gasteiger partial charge on any atom is 0.296 e. The van der Waals surface area contributed by atoms with E-state index in [0.717, 1.165) is 18.9 Å². The molecule has 2 aromatic carbocycles. The molecule has 0 spiro atoms. The third-order valence-electron chi connectivity index (χ3n) is 6.13. The number of nitrogens with zero attached hydrogens (tertiary/aromatic N) is 2. The van der Waals surface area contributed by atoms with Crippen LogP contribution in [0.2, 0.25) is 5.02 Å². The average Bonchev–Trinajstić information content (AvgIpc) is 3.18. The van der Waals surface area contributed by atoms with Crippen LogP contribution in [0.25, 0.3) is 11.0 Å². The van der Waals surface area contributed by atoms with Crippen molar-refractivity contribution in [3.8, 4) is 11.5 Å². The van der Waals surface area contributed by atoms with Crippen LogP contribution >= 0.6 is 11.6 Å². The lowest BCUT2D eigenvalue weighted by atomic mass is 9.98. The van der Waals surface area contributed by atoms with Gasteiger partial charge in [0.25, 0.3) is 5.91 Å². The topological polar surface area (TPSA) is 81.9 Å². The Morgan fingerprint density at radius 3 is 2.62 bits per heavy atom. The standard InChI is InChI=1S/C28H24ClFN2O5/c1-3-5-12-36-21-9-6-16(13-22(21)35-4-2)25-24-26(33)19-14-18(30)8-10-20(19)37-27(24)28(34)32(25)23-11-7-17(29)15-31-23/h6-11,13-15,25H,3-5,12H2,1-2H3. The molecule has 7 nitrogen and oxygen atoms in total. The van der Waals surface area contributed by atoms with Gasteiger partial charge in [0, 0.05) is 6.20 Å². The molecule has 37 heavy (non-hydrogen) atoms. The van der Waals surface area contributed by atoms with E-state index in [0.29, 0.717) is 35.3 Å². The molecule has 1 amide bonds. The predicted molar refractivity (Wildman–Crippen MR) is 138 cm³/mol. The number of ether oxygens (including phenoxy) is 2. The molecule has 0 aliphatic carbocycles. The fraction of sp³-hybridized carbons (Fsp3) is 0.250. The van der Waals surface area contributed by atoms with Gasteiger partial charge in [-0.3, -0.25) is 14.5 Å². The number of rotatable bonds is 8. The molecule has 0 radical (unpaired) electrons. The van der Waals surface area contributed by atoms with Gasteiger partial charge in [0.15, 0.2) is 16.9 Å². The molecule has 1 atom stereocenters. The first-order valence-electron chi connectivity index (χ1n) is 12.0. The molecular formula is C28H24ClFN2O5. The molecule has 4 aromatic rings. The minimum atomic E-state index is -0.899. The highest BCUT2D eigenvalue weighted by molar-refractivity contribution is 6.30. The van der Waals surface area contributed by atoms with E-state index < -0.39 is 23.2 Å². The molecular weight excluding hydrogens is 499 g/mol. The van der Waals surface area contributed by atoms with E-state index in [2.05, 4.69) is 11.9 Å². The van der Waals surface area contributed by atoms with Gasteiger partial charge >= 0.3 is 0 Å². The van der Waals surface area contributed by atoms with Gasteiger partial charge in [-0.15, -0.1) is 0 Å². The van der Waals surface area contributed by atoms with Crippen molar-refractivity contribution in [1.29, 1.82) is 0 Å². The van der Waals surface area contributed by atoms with Gasteiger partial charge in [-0.05, 0) is 61.4 Å². The van der Waals surface area contributed by atoms with Gasteiger partial charge < -0.3 is 13.9 Å². The lowest BCUT2D eigenvalue weighted by Gasteiger charge is -2.25. The number of fused-ring (bicyclic) bond motifs is 2. The minimum Gasteiger partial charge on any atom is -0.490 e. The van der Waals surface area contributed by atoms with E-state index >= 15 is 0 Å². The highest BCUT2D eigenvalue weighted by atomic mass is 35.5. The maximum absolute atomic E-state index is 14.0. The molecule has 0 fully saturated rings. The molecule has 5 rings (SSSR count). The summed E-state index contributed by atoms with van der Waals surface area (Å²) >= 11 is 6.03. The number of carbonyl (C=O) groups is 1. The van der Waals surface area contributed by atoms with Crippen molar-refractivity contribution in [2.24, 2.45) is 0 Å². The largest absolute Gasteiger partial charge is 0.490 e. The first-order valence-corrected chi connectivity index (χ1v) is 12.4. The number of pyridine rings is 1. The second-order valence-corrected chi connectivity index (χ2v) is 9.00. The predicted octanol–water partition coefficient (Wildman–Crippen LogP) is 6.31. The van der Waals surface area contributed by atoms with Crippen LogP contribution in [0.3, 0.4) is 0 Å². The summed E-state index contributed by atoms with van der Waals surface area (Å²) in [5, 5.41) is 0.444. The Morgan fingerprint density at radius 1 is 1.05 bits per heavy atom. The molecule has 190 valence electrons. The maximum atomic E-state index is 14.0. The Bertz CT molecular complexity index is 1540. The fourth-order valence-corrected chi connectivity index (χ4v) is 4.53. The Hall–Kier alpha value is -3.91. The molecule has 0 N–H and O–H groups in total. The van der Waals surface area contributed by atoms with E-state index in [9.17, 15) is 14.0 Å². The molecule has 1 aliphatic heterocycles. The Balaban J connectivity index is 1.71. The van der Waals surface area contributed by atoms with Gasteiger partial charge in [-0.1, -0.05) is 31.0 Å². The summed E-state index contributed by atoms with van der Waals surface area (Å²) in [6.45, 7) is 4.85. The quantitative estimate of drug-likeness (QED) is 0.252. The average molecular weight is 523 g/mol. The van der Waals surface area contributed by atoms with E-state index in [4.69, 9.17) is 25.5 Å². The lowest BCUT2D eigenvalue weighted by Crippen LogP contribution is -2.30. The van der Waals surface area contributed by atoms with Crippen molar-refractivity contribution in [1.82, 2.24) is 4.98 Å². The normalized spacial score (nSPS) is 14.8. The number of aromatic nitrogens is 1. The van der Waals surface area contributed by atoms with Crippen molar-refractivity contribution < 1.29 is 23.1 Å². The summed E-state index contributed by atoms with van der Waals surface area (Å²) in [5.41, 5.74) is 0.310. The van der Waals surface area contributed by atoms with Gasteiger partial charge in [0.1, 0.15) is 17.2 Å². The van der Waals surface area contributed by atoms with Crippen LogP contribution in [0, 0.1) is 5.82 Å². The monoisotopic (exact) mass is 522 g/mol. The molecule has 9 heteroatoms. The molecule has 1 aliphatic rings. The lowest BCUT2D eigenvalue weighted by molar-refractivity contribution is 0.0970. The number of unbranched alkanes of at least 4 members (excludes halogenated alkanes) is 1. The summed E-state index contributed by atoms with van der Waals surface area (Å²) < 4.78 is 31.7. The van der Waals surface area contributed by atoms with Crippen molar-refractivity contribution in [2.75, 3.05) is 18.1 Å². The fourth-order valence-electron chi connectivity index (χ4n) is 4.42. The van der Waals surface area contributed by atoms with Gasteiger partial charge in [-0.2, -0.15) is 0 Å². The van der Waals surface area contributed by atoms with Crippen LogP contribution in [-0.4, -0.2) is 24.1 Å². The molecule has 0 saturated carbocycles. The summed E-state index contributed by atoms with van der Waals surface area (Å²) in [4.78, 5) is 33.1. The number of hydrogen-bond acceptors (Lipinski definition) is 6.